The zero-order valence-electron chi connectivity index (χ0n) is 18.3. The minimum Gasteiger partial charge on any atom is -0.504 e. The second-order valence-electron chi connectivity index (χ2n) is 7.38. The van der Waals surface area contributed by atoms with Crippen LogP contribution in [0, 0.1) is 0 Å². The summed E-state index contributed by atoms with van der Waals surface area (Å²) in [6, 6.07) is 24.9. The highest BCUT2D eigenvalue weighted by Crippen LogP contribution is 2.41. The first kappa shape index (κ1) is 22.2. The summed E-state index contributed by atoms with van der Waals surface area (Å²) in [7, 11) is 1.57. The van der Waals surface area contributed by atoms with Gasteiger partial charge in [0.1, 0.15) is 18.9 Å². The van der Waals surface area contributed by atoms with Gasteiger partial charge in [-0.3, -0.25) is 4.98 Å². The second-order valence-corrected chi connectivity index (χ2v) is 7.38. The van der Waals surface area contributed by atoms with Gasteiger partial charge in [-0.1, -0.05) is 60.7 Å². The normalized spacial score (nSPS) is 10.6. The Balaban J connectivity index is 1.63. The summed E-state index contributed by atoms with van der Waals surface area (Å²) in [5.74, 6) is 1.19. The molecule has 0 amide bonds. The molecule has 6 nitrogen and oxygen atoms in total. The van der Waals surface area contributed by atoms with Gasteiger partial charge in [0.25, 0.3) is 0 Å². The lowest BCUT2D eigenvalue weighted by atomic mass is 10.1. The lowest BCUT2D eigenvalue weighted by Crippen LogP contribution is -2.02. The summed E-state index contributed by atoms with van der Waals surface area (Å²) >= 11 is 0. The molecule has 0 unspecified atom stereocenters. The molecule has 0 saturated carbocycles. The average Bonchev–Trinajstić information content (AvgIpc) is 2.87. The van der Waals surface area contributed by atoms with E-state index in [-0.39, 0.29) is 30.3 Å². The van der Waals surface area contributed by atoms with Crippen LogP contribution in [0.4, 0.5) is 0 Å². The molecule has 0 atom stereocenters. The first-order chi connectivity index (χ1) is 16.2. The second kappa shape index (κ2) is 10.5. The Morgan fingerprint density at radius 2 is 1.42 bits per heavy atom. The molecular weight excluding hydrogens is 418 g/mol. The van der Waals surface area contributed by atoms with Gasteiger partial charge in [-0.05, 0) is 29.3 Å². The van der Waals surface area contributed by atoms with Crippen LogP contribution in [0.25, 0.3) is 11.3 Å². The number of rotatable bonds is 9. The number of hydrogen-bond donors (Lipinski definition) is 2. The smallest absolute Gasteiger partial charge is 0.188 e. The van der Waals surface area contributed by atoms with Crippen LogP contribution in [0.3, 0.4) is 0 Å². The van der Waals surface area contributed by atoms with Gasteiger partial charge < -0.3 is 24.4 Å². The van der Waals surface area contributed by atoms with E-state index < -0.39 is 0 Å². The van der Waals surface area contributed by atoms with Crippen molar-refractivity contribution in [2.75, 3.05) is 7.11 Å². The van der Waals surface area contributed by atoms with Crippen LogP contribution in [-0.2, 0) is 19.8 Å². The fourth-order valence-corrected chi connectivity index (χ4v) is 3.38. The molecule has 0 saturated heterocycles. The highest BCUT2D eigenvalue weighted by Gasteiger charge is 2.19. The van der Waals surface area contributed by atoms with Crippen molar-refractivity contribution in [1.82, 2.24) is 4.98 Å². The highest BCUT2D eigenvalue weighted by molar-refractivity contribution is 5.73. The van der Waals surface area contributed by atoms with Gasteiger partial charge in [0.15, 0.2) is 23.0 Å². The minimum atomic E-state index is -0.351. The molecule has 6 heteroatoms. The number of nitrogens with zero attached hydrogens (tertiary/aromatic N) is 1. The van der Waals surface area contributed by atoms with Gasteiger partial charge >= 0.3 is 0 Å². The Morgan fingerprint density at radius 1 is 0.788 bits per heavy atom. The number of aliphatic hydroxyl groups is 1. The maximum atomic E-state index is 10.7. The molecule has 1 aromatic heterocycles. The van der Waals surface area contributed by atoms with E-state index in [2.05, 4.69) is 4.98 Å². The number of methoxy groups -OCH3 is 1. The van der Waals surface area contributed by atoms with Crippen LogP contribution < -0.4 is 14.2 Å². The maximum absolute atomic E-state index is 10.7. The van der Waals surface area contributed by atoms with Crippen molar-refractivity contribution in [3.8, 4) is 34.3 Å². The van der Waals surface area contributed by atoms with Gasteiger partial charge in [-0.2, -0.15) is 0 Å². The molecule has 0 fully saturated rings. The van der Waals surface area contributed by atoms with Gasteiger partial charge in [0.2, 0.25) is 0 Å². The lowest BCUT2D eigenvalue weighted by Gasteiger charge is -2.16. The van der Waals surface area contributed by atoms with Crippen LogP contribution in [-0.4, -0.2) is 22.3 Å². The van der Waals surface area contributed by atoms with E-state index in [1.54, 1.807) is 19.2 Å². The van der Waals surface area contributed by atoms with E-state index in [0.717, 1.165) is 11.1 Å². The number of ether oxygens (including phenoxy) is 3. The number of hydrogen-bond acceptors (Lipinski definition) is 6. The summed E-state index contributed by atoms with van der Waals surface area (Å²) in [5.41, 5.74) is 3.40. The molecule has 0 aliphatic rings. The van der Waals surface area contributed by atoms with Gasteiger partial charge in [0, 0.05) is 17.3 Å². The molecule has 0 spiro atoms. The molecule has 3 aromatic carbocycles. The Bertz CT molecular complexity index is 1200. The number of aromatic nitrogens is 1. The third kappa shape index (κ3) is 5.25. The molecule has 0 radical (unpaired) electrons. The monoisotopic (exact) mass is 443 g/mol. The zero-order chi connectivity index (χ0) is 23.0. The zero-order valence-corrected chi connectivity index (χ0v) is 18.3. The van der Waals surface area contributed by atoms with Crippen LogP contribution in [0.2, 0.25) is 0 Å². The molecule has 0 aliphatic heterocycles. The summed E-state index contributed by atoms with van der Waals surface area (Å²) in [6.45, 7) is 0.302. The molecule has 2 N–H and O–H groups in total. The van der Waals surface area contributed by atoms with Crippen molar-refractivity contribution < 1.29 is 24.4 Å². The van der Waals surface area contributed by atoms with E-state index in [1.807, 2.05) is 66.7 Å². The fourth-order valence-electron chi connectivity index (χ4n) is 3.38. The molecule has 168 valence electrons. The van der Waals surface area contributed by atoms with E-state index in [0.29, 0.717) is 29.4 Å². The molecule has 4 rings (SSSR count). The third-order valence-corrected chi connectivity index (χ3v) is 5.15. The van der Waals surface area contributed by atoms with Crippen molar-refractivity contribution in [1.29, 1.82) is 0 Å². The molecule has 0 aliphatic carbocycles. The Morgan fingerprint density at radius 3 is 2.03 bits per heavy atom. The summed E-state index contributed by atoms with van der Waals surface area (Å²) < 4.78 is 17.5. The van der Waals surface area contributed by atoms with Crippen molar-refractivity contribution in [3.63, 3.8) is 0 Å². The molecular formula is C27H25NO5. The van der Waals surface area contributed by atoms with Crippen LogP contribution >= 0.6 is 0 Å². The molecule has 1 heterocycles. The van der Waals surface area contributed by atoms with Gasteiger partial charge in [-0.15, -0.1) is 0 Å². The quantitative estimate of drug-likeness (QED) is 0.374. The van der Waals surface area contributed by atoms with E-state index >= 15 is 0 Å². The Labute approximate surface area is 192 Å². The van der Waals surface area contributed by atoms with E-state index in [1.165, 1.54) is 6.20 Å². The minimum absolute atomic E-state index is 0.137. The van der Waals surface area contributed by atoms with E-state index in [4.69, 9.17) is 14.2 Å². The van der Waals surface area contributed by atoms with Crippen LogP contribution in [0.1, 0.15) is 16.7 Å². The SMILES string of the molecule is COc1cc(-c2ncc(CO)c(O)c2OCc2ccccc2)ccc1OCc1ccccc1. The first-order valence-corrected chi connectivity index (χ1v) is 10.5. The standard InChI is InChI=1S/C27H25NO5/c1-31-24-14-21(12-13-23(24)32-17-19-8-4-2-5-9-19)25-27(26(30)22(16-29)15-28-25)33-18-20-10-6-3-7-11-20/h2-15,29H,16-18H2,1H3,(H,28,30). The van der Waals surface area contributed by atoms with Crippen LogP contribution in [0.5, 0.6) is 23.0 Å². The van der Waals surface area contributed by atoms with Crippen LogP contribution in [0.15, 0.2) is 85.1 Å². The predicted molar refractivity (Wildman–Crippen MR) is 125 cm³/mol. The number of pyridine rings is 1. The predicted octanol–water partition coefficient (Wildman–Crippen LogP) is 5.11. The van der Waals surface area contributed by atoms with Crippen molar-refractivity contribution >= 4 is 0 Å². The topological polar surface area (TPSA) is 81.0 Å². The van der Waals surface area contributed by atoms with E-state index in [9.17, 15) is 10.2 Å². The molecule has 0 bridgehead atoms. The number of aromatic hydroxyl groups is 1. The Kier molecular flexibility index (Phi) is 7.07. The van der Waals surface area contributed by atoms with Gasteiger partial charge in [0.05, 0.1) is 13.7 Å². The first-order valence-electron chi connectivity index (χ1n) is 10.5. The number of benzene rings is 3. The van der Waals surface area contributed by atoms with Crippen molar-refractivity contribution in [2.45, 2.75) is 19.8 Å². The average molecular weight is 443 g/mol. The third-order valence-electron chi connectivity index (χ3n) is 5.15. The van der Waals surface area contributed by atoms with Crippen molar-refractivity contribution in [3.05, 3.63) is 102 Å². The lowest BCUT2D eigenvalue weighted by molar-refractivity contribution is 0.262. The fraction of sp³-hybridized carbons (Fsp3) is 0.148. The van der Waals surface area contributed by atoms with Crippen molar-refractivity contribution in [2.24, 2.45) is 0 Å². The largest absolute Gasteiger partial charge is 0.504 e. The molecule has 33 heavy (non-hydrogen) atoms. The summed E-state index contributed by atoms with van der Waals surface area (Å²) in [6.07, 6.45) is 1.44. The highest BCUT2D eigenvalue weighted by atomic mass is 16.5. The molecule has 4 aromatic rings. The Hall–Kier alpha value is -4.03. The summed E-state index contributed by atoms with van der Waals surface area (Å²) in [4.78, 5) is 4.45. The summed E-state index contributed by atoms with van der Waals surface area (Å²) in [5, 5.41) is 20.3. The maximum Gasteiger partial charge on any atom is 0.188 e. The van der Waals surface area contributed by atoms with Gasteiger partial charge in [-0.25, -0.2) is 0 Å². The number of aliphatic hydroxyl groups excluding tert-OH is 1.